The molecule has 0 amide bonds. The van der Waals surface area contributed by atoms with E-state index in [9.17, 15) is 21.0 Å². The second-order valence-corrected chi connectivity index (χ2v) is 18.1. The Kier molecular flexibility index (Phi) is 9.62. The SMILES string of the molecule is N#Cc1ccc2c(c1)c1cc(C#N)ccc1n2-c1ccc2c(-c3ccccc3-c3ccccc3)c3cc(-n4c5ccc(C#N)cc5c5cc(C#N)ccc54)ccc3c(-c3ccccc3-c3ccccc3)c2c1. The number of fused-ring (bicyclic) bond motifs is 8. The van der Waals surface area contributed by atoms with E-state index in [1.165, 1.54) is 0 Å². The van der Waals surface area contributed by atoms with Crippen molar-refractivity contribution in [2.75, 3.05) is 0 Å². The highest BCUT2D eigenvalue weighted by Crippen LogP contribution is 2.50. The smallest absolute Gasteiger partial charge is 0.0991 e. The minimum Gasteiger partial charge on any atom is -0.309 e. The van der Waals surface area contributed by atoms with Crippen LogP contribution in [0, 0.1) is 45.3 Å². The summed E-state index contributed by atoms with van der Waals surface area (Å²) in [5.74, 6) is 0. The average Bonchev–Trinajstić information content (AvgIpc) is 3.95. The summed E-state index contributed by atoms with van der Waals surface area (Å²) < 4.78 is 4.50. The van der Waals surface area contributed by atoms with Crippen molar-refractivity contribution in [2.24, 2.45) is 0 Å². The number of nitriles is 4. The molecule has 0 radical (unpaired) electrons. The number of benzene rings is 11. The van der Waals surface area contributed by atoms with Crippen LogP contribution in [-0.2, 0) is 0 Å². The second kappa shape index (κ2) is 16.6. The lowest BCUT2D eigenvalue weighted by atomic mass is 9.82. The maximum atomic E-state index is 10.0. The summed E-state index contributed by atoms with van der Waals surface area (Å²) in [6, 6.07) is 84.4. The average molecular weight is 913 g/mol. The zero-order valence-electron chi connectivity index (χ0n) is 38.5. The molecule has 2 heterocycles. The van der Waals surface area contributed by atoms with Gasteiger partial charge < -0.3 is 9.13 Å². The first-order valence-corrected chi connectivity index (χ1v) is 23.6. The molecule has 13 aromatic rings. The van der Waals surface area contributed by atoms with Gasteiger partial charge >= 0.3 is 0 Å². The van der Waals surface area contributed by atoms with Crippen molar-refractivity contribution < 1.29 is 0 Å². The van der Waals surface area contributed by atoms with Crippen LogP contribution < -0.4 is 0 Å². The summed E-state index contributed by atoms with van der Waals surface area (Å²) >= 11 is 0. The van der Waals surface area contributed by atoms with Gasteiger partial charge in [0.2, 0.25) is 0 Å². The fraction of sp³-hybridized carbons (Fsp3) is 0. The van der Waals surface area contributed by atoms with Gasteiger partial charge in [-0.15, -0.1) is 0 Å². The lowest BCUT2D eigenvalue weighted by molar-refractivity contribution is 1.18. The predicted molar refractivity (Wildman–Crippen MR) is 291 cm³/mol. The third kappa shape index (κ3) is 6.46. The van der Waals surface area contributed by atoms with Crippen LogP contribution in [0.3, 0.4) is 0 Å². The minimum atomic E-state index is 0.550. The van der Waals surface area contributed by atoms with Gasteiger partial charge in [0.1, 0.15) is 0 Å². The summed E-state index contributed by atoms with van der Waals surface area (Å²) in [5, 5.41) is 47.9. The van der Waals surface area contributed by atoms with Crippen molar-refractivity contribution in [3.63, 3.8) is 0 Å². The summed E-state index contributed by atoms with van der Waals surface area (Å²) in [6.45, 7) is 0. The Labute approximate surface area is 414 Å². The van der Waals surface area contributed by atoms with E-state index < -0.39 is 0 Å². The summed E-state index contributed by atoms with van der Waals surface area (Å²) in [5.41, 5.74) is 16.5. The largest absolute Gasteiger partial charge is 0.309 e. The van der Waals surface area contributed by atoms with Gasteiger partial charge in [-0.05, 0) is 163 Å². The van der Waals surface area contributed by atoms with Crippen molar-refractivity contribution in [1.29, 1.82) is 21.0 Å². The second-order valence-electron chi connectivity index (χ2n) is 18.1. The van der Waals surface area contributed by atoms with Crippen LogP contribution in [0.5, 0.6) is 0 Å². The van der Waals surface area contributed by atoms with E-state index in [-0.39, 0.29) is 0 Å². The van der Waals surface area contributed by atoms with Gasteiger partial charge in [0.15, 0.2) is 0 Å². The highest BCUT2D eigenvalue weighted by Gasteiger charge is 2.24. The van der Waals surface area contributed by atoms with Crippen molar-refractivity contribution in [3.8, 4) is 80.2 Å². The maximum absolute atomic E-state index is 10.0. The molecule has 6 nitrogen and oxygen atoms in total. The zero-order chi connectivity index (χ0) is 48.5. The lowest BCUT2D eigenvalue weighted by Crippen LogP contribution is -1.99. The molecular weight excluding hydrogens is 877 g/mol. The first-order valence-electron chi connectivity index (χ1n) is 23.6. The van der Waals surface area contributed by atoms with E-state index in [1.807, 2.05) is 84.9 Å². The van der Waals surface area contributed by atoms with Crippen LogP contribution in [0.1, 0.15) is 22.3 Å². The van der Waals surface area contributed by atoms with Gasteiger partial charge in [-0.25, -0.2) is 0 Å². The third-order valence-electron chi connectivity index (χ3n) is 14.2. The Morgan fingerprint density at radius 3 is 0.875 bits per heavy atom. The molecule has 0 unspecified atom stereocenters. The Hall–Kier alpha value is -10.5. The topological polar surface area (TPSA) is 105 Å². The van der Waals surface area contributed by atoms with Gasteiger partial charge in [0.05, 0.1) is 68.6 Å². The molecule has 72 heavy (non-hydrogen) atoms. The van der Waals surface area contributed by atoms with Crippen LogP contribution in [-0.4, -0.2) is 9.13 Å². The van der Waals surface area contributed by atoms with Gasteiger partial charge in [0, 0.05) is 32.9 Å². The first kappa shape index (κ1) is 41.7. The summed E-state index contributed by atoms with van der Waals surface area (Å²) in [6.07, 6.45) is 0. The Morgan fingerprint density at radius 2 is 0.556 bits per heavy atom. The van der Waals surface area contributed by atoms with E-state index in [0.29, 0.717) is 22.3 Å². The molecule has 0 aliphatic carbocycles. The fourth-order valence-corrected chi connectivity index (χ4v) is 11.1. The monoisotopic (exact) mass is 912 g/mol. The van der Waals surface area contributed by atoms with E-state index in [2.05, 4.69) is 167 Å². The normalized spacial score (nSPS) is 11.3. The molecule has 13 rings (SSSR count). The standard InChI is InChI=1S/C66H36N6/c67-37-41-19-27-61-55(31-41)56-32-42(38-68)20-28-62(56)71(61)47-24-26-54-59(35-47)65(51-17-9-7-15-49(51)45-11-3-1-4-12-45)53-25-23-48(36-60(53)66(54)52-18-10-8-16-50(52)46-13-5-2-6-14-46)72-63-29-21-43(39-69)33-57(63)58-34-44(40-70)22-30-64(58)72/h1-36H. The molecule has 0 N–H and O–H groups in total. The number of hydrogen-bond acceptors (Lipinski definition) is 4. The van der Waals surface area contributed by atoms with Gasteiger partial charge in [-0.1, -0.05) is 121 Å². The van der Waals surface area contributed by atoms with Gasteiger partial charge in [-0.2, -0.15) is 21.0 Å². The number of aromatic nitrogens is 2. The molecule has 0 saturated carbocycles. The zero-order valence-corrected chi connectivity index (χ0v) is 38.5. The van der Waals surface area contributed by atoms with E-state index in [0.717, 1.165) is 121 Å². The van der Waals surface area contributed by atoms with Crippen molar-refractivity contribution in [1.82, 2.24) is 9.13 Å². The van der Waals surface area contributed by atoms with E-state index >= 15 is 0 Å². The maximum Gasteiger partial charge on any atom is 0.0991 e. The molecule has 6 heteroatoms. The molecule has 11 aromatic carbocycles. The highest BCUT2D eigenvalue weighted by atomic mass is 15.0. The minimum absolute atomic E-state index is 0.550. The fourth-order valence-electron chi connectivity index (χ4n) is 11.1. The molecular formula is C66H36N6. The van der Waals surface area contributed by atoms with Crippen LogP contribution in [0.4, 0.5) is 0 Å². The molecule has 0 bridgehead atoms. The van der Waals surface area contributed by atoms with Crippen LogP contribution >= 0.6 is 0 Å². The molecule has 330 valence electrons. The quantitative estimate of drug-likeness (QED) is 0.155. The molecule has 0 saturated heterocycles. The van der Waals surface area contributed by atoms with Crippen LogP contribution in [0.25, 0.3) is 121 Å². The molecule has 0 fully saturated rings. The van der Waals surface area contributed by atoms with E-state index in [1.54, 1.807) is 0 Å². The summed E-state index contributed by atoms with van der Waals surface area (Å²) in [4.78, 5) is 0. The molecule has 0 atom stereocenters. The third-order valence-corrected chi connectivity index (χ3v) is 14.2. The first-order chi connectivity index (χ1) is 35.5. The van der Waals surface area contributed by atoms with Crippen LogP contribution in [0.2, 0.25) is 0 Å². The Bertz CT molecular complexity index is 4170. The van der Waals surface area contributed by atoms with Crippen LogP contribution in [0.15, 0.2) is 218 Å². The van der Waals surface area contributed by atoms with Crippen molar-refractivity contribution in [3.05, 3.63) is 241 Å². The number of rotatable bonds is 6. The Balaban J connectivity index is 1.20. The molecule has 0 aliphatic rings. The predicted octanol–water partition coefficient (Wildman–Crippen LogP) is 16.3. The van der Waals surface area contributed by atoms with Gasteiger partial charge in [0.25, 0.3) is 0 Å². The summed E-state index contributed by atoms with van der Waals surface area (Å²) in [7, 11) is 0. The lowest BCUT2D eigenvalue weighted by Gasteiger charge is -2.23. The molecule has 0 spiro atoms. The molecule has 2 aromatic heterocycles. The van der Waals surface area contributed by atoms with Crippen molar-refractivity contribution in [2.45, 2.75) is 0 Å². The molecule has 0 aliphatic heterocycles. The number of nitrogens with zero attached hydrogens (tertiary/aromatic N) is 6. The Morgan fingerprint density at radius 1 is 0.250 bits per heavy atom. The number of hydrogen-bond donors (Lipinski definition) is 0. The van der Waals surface area contributed by atoms with E-state index in [4.69, 9.17) is 0 Å². The highest BCUT2D eigenvalue weighted by molar-refractivity contribution is 6.24. The van der Waals surface area contributed by atoms with Gasteiger partial charge in [-0.3, -0.25) is 0 Å². The van der Waals surface area contributed by atoms with Crippen molar-refractivity contribution >= 4 is 65.2 Å².